The molecule has 0 spiro atoms. The number of nitrogens with one attached hydrogen (secondary N) is 3. The summed E-state index contributed by atoms with van der Waals surface area (Å²) in [6, 6.07) is 6.75. The molecule has 2 aliphatic carbocycles. The number of rotatable bonds is 10. The van der Waals surface area contributed by atoms with Crippen LogP contribution in [0.1, 0.15) is 66.8 Å². The molecule has 0 bridgehead atoms. The molecule has 0 fully saturated rings. The van der Waals surface area contributed by atoms with Crippen LogP contribution in [-0.2, 0) is 28.9 Å². The number of methoxy groups -OCH3 is 3. The van der Waals surface area contributed by atoms with Crippen LogP contribution in [0.3, 0.4) is 0 Å². The highest BCUT2D eigenvalue weighted by Crippen LogP contribution is 2.50. The molecule has 228 valence electrons. The molecule has 0 unspecified atom stereocenters. The third-order valence-corrected chi connectivity index (χ3v) is 8.98. The van der Waals surface area contributed by atoms with Crippen molar-refractivity contribution < 1.29 is 23.8 Å². The van der Waals surface area contributed by atoms with E-state index in [9.17, 15) is 14.4 Å². The molecule has 0 aliphatic heterocycles. The topological polar surface area (TPSA) is 128 Å². The Hall–Kier alpha value is -4.12. The Morgan fingerprint density at radius 1 is 1.02 bits per heavy atom. The number of anilines is 2. The normalized spacial score (nSPS) is 15.2. The van der Waals surface area contributed by atoms with Gasteiger partial charge in [-0.15, -0.1) is 11.3 Å². The van der Waals surface area contributed by atoms with Crippen molar-refractivity contribution in [3.63, 3.8) is 0 Å². The van der Waals surface area contributed by atoms with Gasteiger partial charge < -0.3 is 30.2 Å². The molecule has 1 heterocycles. The van der Waals surface area contributed by atoms with E-state index >= 15 is 0 Å². The molecule has 1 atom stereocenters. The van der Waals surface area contributed by atoms with E-state index in [0.29, 0.717) is 65.9 Å². The van der Waals surface area contributed by atoms with Crippen LogP contribution in [0.4, 0.5) is 10.8 Å². The molecule has 0 radical (unpaired) electrons. The van der Waals surface area contributed by atoms with Crippen LogP contribution in [0.5, 0.6) is 17.2 Å². The lowest BCUT2D eigenvalue weighted by atomic mass is 9.95. The number of amides is 2. The maximum absolute atomic E-state index is 13.5. The van der Waals surface area contributed by atoms with Gasteiger partial charge in [-0.3, -0.25) is 14.4 Å². The van der Waals surface area contributed by atoms with Gasteiger partial charge in [0.05, 0.1) is 38.8 Å². The van der Waals surface area contributed by atoms with Gasteiger partial charge in [-0.25, -0.2) is 4.98 Å². The van der Waals surface area contributed by atoms with Crippen molar-refractivity contribution in [2.24, 2.45) is 0 Å². The average molecular weight is 607 g/mol. The first-order valence-corrected chi connectivity index (χ1v) is 15.4. The number of carbonyl (C=O) groups is 2. The lowest BCUT2D eigenvalue weighted by molar-refractivity contribution is -0.119. The summed E-state index contributed by atoms with van der Waals surface area (Å²) >= 11 is 1.57. The summed E-state index contributed by atoms with van der Waals surface area (Å²) in [5.74, 6) is 1.23. The molecule has 0 saturated carbocycles. The van der Waals surface area contributed by atoms with Gasteiger partial charge in [0.1, 0.15) is 0 Å². The molecular formula is C32H38N4O6S. The summed E-state index contributed by atoms with van der Waals surface area (Å²) in [5.41, 5.74) is 4.53. The molecule has 10 nitrogen and oxygen atoms in total. The van der Waals surface area contributed by atoms with Gasteiger partial charge in [-0.1, -0.05) is 6.07 Å². The molecule has 0 saturated heterocycles. The second-order valence-electron chi connectivity index (χ2n) is 10.8. The second-order valence-corrected chi connectivity index (χ2v) is 11.9. The maximum atomic E-state index is 13.5. The van der Waals surface area contributed by atoms with E-state index in [2.05, 4.69) is 20.9 Å². The zero-order chi connectivity index (χ0) is 30.5. The first kappa shape index (κ1) is 30.3. The Morgan fingerprint density at radius 2 is 1.81 bits per heavy atom. The fourth-order valence-electron chi connectivity index (χ4n) is 5.91. The van der Waals surface area contributed by atoms with Gasteiger partial charge in [0.15, 0.2) is 16.6 Å². The van der Waals surface area contributed by atoms with Crippen molar-refractivity contribution in [1.29, 1.82) is 0 Å². The number of hydrogen-bond donors (Lipinski definition) is 3. The highest BCUT2D eigenvalue weighted by Gasteiger charge is 2.29. The number of fused-ring (bicyclic) bond motifs is 4. The fraction of sp³-hybridized carbons (Fsp3) is 0.438. The number of nitrogens with zero attached hydrogens (tertiary/aromatic N) is 1. The van der Waals surface area contributed by atoms with Crippen molar-refractivity contribution in [3.05, 3.63) is 56.2 Å². The second kappa shape index (κ2) is 13.5. The van der Waals surface area contributed by atoms with Crippen LogP contribution >= 0.6 is 11.3 Å². The number of benzene rings is 1. The van der Waals surface area contributed by atoms with E-state index in [1.807, 2.05) is 12.1 Å². The highest BCUT2D eigenvalue weighted by molar-refractivity contribution is 7.15. The van der Waals surface area contributed by atoms with Gasteiger partial charge in [0.25, 0.3) is 0 Å². The molecule has 3 N–H and O–H groups in total. The monoisotopic (exact) mass is 606 g/mol. The molecule has 1 aromatic heterocycles. The predicted octanol–water partition coefficient (Wildman–Crippen LogP) is 5.03. The Morgan fingerprint density at radius 3 is 2.53 bits per heavy atom. The van der Waals surface area contributed by atoms with Crippen LogP contribution < -0.4 is 35.6 Å². The standard InChI is InChI=1S/C32H38N4O6S/c1-18(37)34-22-13-11-19-16-26(40-2)30(41-3)31(42-4)29(19)20-12-14-23(25(38)17-21(20)22)33-15-7-10-28(39)36-32-35-24-8-5-6-9-27(24)43-32/h12,14,16-17,22H,5-11,13,15H2,1-4H3,(H,33,38)(H,34,37)(H,35,36,39)/t22-/m0/s1. The number of ether oxygens (including phenoxy) is 3. The summed E-state index contributed by atoms with van der Waals surface area (Å²) in [7, 11) is 4.70. The average Bonchev–Trinajstić information content (AvgIpc) is 3.26. The van der Waals surface area contributed by atoms with Gasteiger partial charge in [0.2, 0.25) is 23.0 Å². The van der Waals surface area contributed by atoms with Crippen molar-refractivity contribution >= 4 is 34.0 Å². The lowest BCUT2D eigenvalue weighted by Crippen LogP contribution is -2.26. The SMILES string of the molecule is COc1cc2c(c(OC)c1OC)-c1ccc(NCCCC(=O)Nc3nc4c(s3)CCCC4)c(=O)cc1[C@@H](NC(C)=O)CC2. The van der Waals surface area contributed by atoms with E-state index in [-0.39, 0.29) is 23.3 Å². The first-order chi connectivity index (χ1) is 20.8. The van der Waals surface area contributed by atoms with Crippen molar-refractivity contribution in [2.45, 2.75) is 64.3 Å². The highest BCUT2D eigenvalue weighted by atomic mass is 32.1. The van der Waals surface area contributed by atoms with Crippen LogP contribution in [-0.4, -0.2) is 44.7 Å². The Kier molecular flexibility index (Phi) is 9.49. The largest absolute Gasteiger partial charge is 0.493 e. The van der Waals surface area contributed by atoms with Crippen LogP contribution in [0.15, 0.2) is 29.1 Å². The maximum Gasteiger partial charge on any atom is 0.226 e. The zero-order valence-electron chi connectivity index (χ0n) is 25.1. The summed E-state index contributed by atoms with van der Waals surface area (Å²) < 4.78 is 17.1. The minimum Gasteiger partial charge on any atom is -0.493 e. The summed E-state index contributed by atoms with van der Waals surface area (Å²) in [5, 5.41) is 9.83. The fourth-order valence-corrected chi connectivity index (χ4v) is 6.98. The quantitative estimate of drug-likeness (QED) is 0.274. The third kappa shape index (κ3) is 6.61. The van der Waals surface area contributed by atoms with E-state index in [1.54, 1.807) is 44.8 Å². The summed E-state index contributed by atoms with van der Waals surface area (Å²) in [4.78, 5) is 44.0. The Balaban J connectivity index is 1.37. The molecule has 11 heteroatoms. The minimum absolute atomic E-state index is 0.0909. The van der Waals surface area contributed by atoms with E-state index in [1.165, 1.54) is 18.2 Å². The Labute approximate surface area is 255 Å². The number of aryl methyl sites for hydroxylation is 3. The van der Waals surface area contributed by atoms with Crippen LogP contribution in [0.25, 0.3) is 11.1 Å². The van der Waals surface area contributed by atoms with Gasteiger partial charge in [-0.05, 0) is 79.8 Å². The van der Waals surface area contributed by atoms with E-state index in [4.69, 9.17) is 14.2 Å². The number of hydrogen-bond acceptors (Lipinski definition) is 9. The van der Waals surface area contributed by atoms with Gasteiger partial charge >= 0.3 is 0 Å². The predicted molar refractivity (Wildman–Crippen MR) is 168 cm³/mol. The molecule has 2 aliphatic rings. The lowest BCUT2D eigenvalue weighted by Gasteiger charge is -2.19. The molecule has 43 heavy (non-hydrogen) atoms. The molecular weight excluding hydrogens is 568 g/mol. The smallest absolute Gasteiger partial charge is 0.226 e. The minimum atomic E-state index is -0.380. The van der Waals surface area contributed by atoms with Crippen molar-refractivity contribution in [2.75, 3.05) is 38.5 Å². The molecule has 2 amide bonds. The van der Waals surface area contributed by atoms with Crippen LogP contribution in [0.2, 0.25) is 0 Å². The molecule has 3 aromatic rings. The molecule has 2 aromatic carbocycles. The van der Waals surface area contributed by atoms with Gasteiger partial charge in [0, 0.05) is 30.3 Å². The zero-order valence-corrected chi connectivity index (χ0v) is 25.9. The Bertz CT molecular complexity index is 1560. The van der Waals surface area contributed by atoms with Gasteiger partial charge in [-0.2, -0.15) is 0 Å². The van der Waals surface area contributed by atoms with Crippen molar-refractivity contribution in [1.82, 2.24) is 10.3 Å². The van der Waals surface area contributed by atoms with Crippen LogP contribution in [0, 0.1) is 0 Å². The summed E-state index contributed by atoms with van der Waals surface area (Å²) in [6.07, 6.45) is 6.39. The van der Waals surface area contributed by atoms with E-state index in [0.717, 1.165) is 41.6 Å². The number of thiazole rings is 1. The third-order valence-electron chi connectivity index (χ3n) is 7.90. The number of carbonyl (C=O) groups excluding carboxylic acids is 2. The van der Waals surface area contributed by atoms with Crippen molar-refractivity contribution in [3.8, 4) is 28.4 Å². The summed E-state index contributed by atoms with van der Waals surface area (Å²) in [6.45, 7) is 1.91. The number of aromatic nitrogens is 1. The molecule has 5 rings (SSSR count). The van der Waals surface area contributed by atoms with E-state index < -0.39 is 0 Å². The first-order valence-electron chi connectivity index (χ1n) is 14.6.